The lowest BCUT2D eigenvalue weighted by molar-refractivity contribution is 0.178. The molecule has 5 nitrogen and oxygen atoms in total. The Hall–Kier alpha value is -1.59. The van der Waals surface area contributed by atoms with E-state index in [-0.39, 0.29) is 6.61 Å². The van der Waals surface area contributed by atoms with Gasteiger partial charge in [-0.1, -0.05) is 6.92 Å². The third-order valence-electron chi connectivity index (χ3n) is 4.22. The summed E-state index contributed by atoms with van der Waals surface area (Å²) >= 11 is 0. The number of aliphatic hydroxyl groups excluding tert-OH is 1. The van der Waals surface area contributed by atoms with Crippen LogP contribution in [0.4, 0.5) is 5.69 Å². The minimum absolute atomic E-state index is 0.0305. The van der Waals surface area contributed by atoms with Crippen molar-refractivity contribution >= 4 is 16.7 Å². The fourth-order valence-corrected chi connectivity index (χ4v) is 3.21. The zero-order chi connectivity index (χ0) is 14.1. The average Bonchev–Trinajstić information content (AvgIpc) is 2.84. The summed E-state index contributed by atoms with van der Waals surface area (Å²) in [5.74, 6) is 0.744. The van der Waals surface area contributed by atoms with Crippen LogP contribution in [-0.4, -0.2) is 39.2 Å². The Morgan fingerprint density at radius 2 is 2.30 bits per heavy atom. The van der Waals surface area contributed by atoms with Crippen LogP contribution >= 0.6 is 0 Å². The maximum absolute atomic E-state index is 9.61. The topological polar surface area (TPSA) is 67.3 Å². The van der Waals surface area contributed by atoms with Gasteiger partial charge in [-0.3, -0.25) is 0 Å². The smallest absolute Gasteiger partial charge is 0.136 e. The maximum Gasteiger partial charge on any atom is 0.136 e. The third-order valence-corrected chi connectivity index (χ3v) is 4.22. The number of benzene rings is 1. The number of likely N-dealkylation sites (tertiary alicyclic amines) is 1. The van der Waals surface area contributed by atoms with Crippen molar-refractivity contribution in [2.45, 2.75) is 32.4 Å². The number of rotatable bonds is 3. The second-order valence-corrected chi connectivity index (χ2v) is 5.49. The van der Waals surface area contributed by atoms with E-state index >= 15 is 0 Å². The summed E-state index contributed by atoms with van der Waals surface area (Å²) in [5.41, 5.74) is 8.49. The summed E-state index contributed by atoms with van der Waals surface area (Å²) < 4.78 is 2.20. The van der Waals surface area contributed by atoms with E-state index in [4.69, 9.17) is 5.73 Å². The van der Waals surface area contributed by atoms with Gasteiger partial charge in [0, 0.05) is 18.3 Å². The third kappa shape index (κ3) is 2.27. The van der Waals surface area contributed by atoms with E-state index in [1.165, 1.54) is 13.0 Å². The van der Waals surface area contributed by atoms with Crippen LogP contribution in [0.2, 0.25) is 0 Å². The molecule has 0 amide bonds. The predicted octanol–water partition coefficient (Wildman–Crippen LogP) is 1.77. The first-order valence-electron chi connectivity index (χ1n) is 7.32. The first-order chi connectivity index (χ1) is 9.72. The molecule has 2 heterocycles. The van der Waals surface area contributed by atoms with Crippen LogP contribution in [-0.2, 0) is 6.61 Å². The normalized spacial score (nSPS) is 20.6. The highest BCUT2D eigenvalue weighted by Gasteiger charge is 2.24. The predicted molar refractivity (Wildman–Crippen MR) is 80.5 cm³/mol. The number of hydrogen-bond acceptors (Lipinski definition) is 4. The van der Waals surface area contributed by atoms with Crippen molar-refractivity contribution in [3.05, 3.63) is 24.0 Å². The van der Waals surface area contributed by atoms with E-state index < -0.39 is 0 Å². The zero-order valence-corrected chi connectivity index (χ0v) is 11.9. The van der Waals surface area contributed by atoms with Gasteiger partial charge >= 0.3 is 0 Å². The van der Waals surface area contributed by atoms with E-state index in [2.05, 4.69) is 21.4 Å². The molecule has 0 saturated carbocycles. The molecular formula is C15H22N4O. The van der Waals surface area contributed by atoms with Crippen molar-refractivity contribution in [1.29, 1.82) is 0 Å². The number of nitrogen functional groups attached to an aromatic ring is 1. The van der Waals surface area contributed by atoms with Crippen LogP contribution < -0.4 is 5.73 Å². The summed E-state index contributed by atoms with van der Waals surface area (Å²) in [7, 11) is 0. The van der Waals surface area contributed by atoms with E-state index in [9.17, 15) is 5.11 Å². The molecule has 1 aromatic carbocycles. The maximum atomic E-state index is 9.61. The lowest BCUT2D eigenvalue weighted by atomic mass is 10.1. The van der Waals surface area contributed by atoms with Crippen molar-refractivity contribution in [1.82, 2.24) is 14.5 Å². The number of likely N-dealkylation sites (N-methyl/N-ethyl adjacent to an activating group) is 1. The van der Waals surface area contributed by atoms with Gasteiger partial charge in [0.25, 0.3) is 0 Å². The minimum Gasteiger partial charge on any atom is -0.399 e. The SMILES string of the molecule is CCN1CCCC(n2c(CO)nc3cc(N)ccc32)C1. The number of fused-ring (bicyclic) bond motifs is 1. The number of nitrogens with zero attached hydrogens (tertiary/aromatic N) is 3. The molecule has 1 aliphatic heterocycles. The molecule has 3 rings (SSSR count). The van der Waals surface area contributed by atoms with Gasteiger partial charge in [0.2, 0.25) is 0 Å². The monoisotopic (exact) mass is 274 g/mol. The summed E-state index contributed by atoms with van der Waals surface area (Å²) in [6.45, 7) is 5.43. The van der Waals surface area contributed by atoms with Crippen LogP contribution in [0.5, 0.6) is 0 Å². The second kappa shape index (κ2) is 5.42. The van der Waals surface area contributed by atoms with Gasteiger partial charge in [-0.2, -0.15) is 0 Å². The van der Waals surface area contributed by atoms with Crippen LogP contribution in [0.1, 0.15) is 31.6 Å². The largest absolute Gasteiger partial charge is 0.399 e. The Labute approximate surface area is 119 Å². The van der Waals surface area contributed by atoms with E-state index in [1.807, 2.05) is 18.2 Å². The van der Waals surface area contributed by atoms with E-state index in [0.29, 0.717) is 11.7 Å². The van der Waals surface area contributed by atoms with Gasteiger partial charge in [-0.15, -0.1) is 0 Å². The molecule has 5 heteroatoms. The lowest BCUT2D eigenvalue weighted by Gasteiger charge is -2.33. The summed E-state index contributed by atoms with van der Waals surface area (Å²) in [6, 6.07) is 6.19. The number of nitrogens with two attached hydrogens (primary N) is 1. The van der Waals surface area contributed by atoms with Gasteiger partial charge in [0.15, 0.2) is 0 Å². The molecule has 1 fully saturated rings. The molecule has 1 aromatic heterocycles. The summed E-state index contributed by atoms with van der Waals surface area (Å²) in [4.78, 5) is 6.99. The van der Waals surface area contributed by atoms with E-state index in [0.717, 1.165) is 36.4 Å². The molecule has 20 heavy (non-hydrogen) atoms. The molecule has 3 N–H and O–H groups in total. The van der Waals surface area contributed by atoms with Crippen molar-refractivity contribution in [3.8, 4) is 0 Å². The molecule has 1 aliphatic rings. The van der Waals surface area contributed by atoms with Gasteiger partial charge in [-0.05, 0) is 44.1 Å². The number of piperidine rings is 1. The number of aromatic nitrogens is 2. The standard InChI is InChI=1S/C15H22N4O/c1-2-18-7-3-4-12(9-18)19-14-6-5-11(16)8-13(14)17-15(19)10-20/h5-6,8,12,20H,2-4,7,9-10,16H2,1H3. The molecule has 1 atom stereocenters. The van der Waals surface area contributed by atoms with Crippen molar-refractivity contribution in [2.24, 2.45) is 0 Å². The Balaban J connectivity index is 2.04. The number of imidazole rings is 1. The summed E-state index contributed by atoms with van der Waals surface area (Å²) in [5, 5.41) is 9.61. The highest BCUT2D eigenvalue weighted by atomic mass is 16.3. The summed E-state index contributed by atoms with van der Waals surface area (Å²) in [6.07, 6.45) is 2.33. The molecule has 0 radical (unpaired) electrons. The second-order valence-electron chi connectivity index (χ2n) is 5.49. The molecule has 0 spiro atoms. The van der Waals surface area contributed by atoms with Crippen LogP contribution in [0.15, 0.2) is 18.2 Å². The Kier molecular flexibility index (Phi) is 3.63. The fourth-order valence-electron chi connectivity index (χ4n) is 3.21. The lowest BCUT2D eigenvalue weighted by Crippen LogP contribution is -2.36. The average molecular weight is 274 g/mol. The first kappa shape index (κ1) is 13.4. The van der Waals surface area contributed by atoms with E-state index in [1.54, 1.807) is 0 Å². The molecule has 1 unspecified atom stereocenters. The zero-order valence-electron chi connectivity index (χ0n) is 11.9. The quantitative estimate of drug-likeness (QED) is 0.837. The Morgan fingerprint density at radius 1 is 1.45 bits per heavy atom. The van der Waals surface area contributed by atoms with Gasteiger partial charge < -0.3 is 20.3 Å². The fraction of sp³-hybridized carbons (Fsp3) is 0.533. The van der Waals surface area contributed by atoms with Crippen molar-refractivity contribution in [2.75, 3.05) is 25.4 Å². The molecule has 2 aromatic rings. The van der Waals surface area contributed by atoms with Gasteiger partial charge in [0.1, 0.15) is 12.4 Å². The van der Waals surface area contributed by atoms with Gasteiger partial charge in [0.05, 0.1) is 11.0 Å². The minimum atomic E-state index is -0.0305. The van der Waals surface area contributed by atoms with Crippen molar-refractivity contribution < 1.29 is 5.11 Å². The molecular weight excluding hydrogens is 252 g/mol. The Morgan fingerprint density at radius 3 is 3.05 bits per heavy atom. The van der Waals surface area contributed by atoms with Crippen LogP contribution in [0.3, 0.4) is 0 Å². The number of anilines is 1. The van der Waals surface area contributed by atoms with Crippen LogP contribution in [0.25, 0.3) is 11.0 Å². The van der Waals surface area contributed by atoms with Crippen molar-refractivity contribution in [3.63, 3.8) is 0 Å². The van der Waals surface area contributed by atoms with Gasteiger partial charge in [-0.25, -0.2) is 4.98 Å². The molecule has 108 valence electrons. The van der Waals surface area contributed by atoms with Crippen LogP contribution in [0, 0.1) is 0 Å². The molecule has 0 aliphatic carbocycles. The molecule has 1 saturated heterocycles. The number of aliphatic hydroxyl groups is 1. The molecule has 0 bridgehead atoms. The highest BCUT2D eigenvalue weighted by molar-refractivity contribution is 5.79. The Bertz CT molecular complexity index is 607. The number of hydrogen-bond donors (Lipinski definition) is 2. The highest BCUT2D eigenvalue weighted by Crippen LogP contribution is 2.28. The first-order valence-corrected chi connectivity index (χ1v) is 7.32.